The molecule has 3 amide bonds. The number of hydrogen-bond donors (Lipinski definition) is 3. The molecule has 0 bridgehead atoms. The van der Waals surface area contributed by atoms with Gasteiger partial charge >= 0.3 is 0 Å². The first-order chi connectivity index (χ1) is 13.0. The predicted molar refractivity (Wildman–Crippen MR) is 106 cm³/mol. The molecule has 0 spiro atoms. The first-order valence-electron chi connectivity index (χ1n) is 8.97. The lowest BCUT2D eigenvalue weighted by molar-refractivity contribution is -0.116. The summed E-state index contributed by atoms with van der Waals surface area (Å²) in [6, 6.07) is 15.6. The van der Waals surface area contributed by atoms with Crippen molar-refractivity contribution in [3.63, 3.8) is 0 Å². The van der Waals surface area contributed by atoms with Crippen LogP contribution in [0.5, 0.6) is 0 Å². The van der Waals surface area contributed by atoms with E-state index in [9.17, 15) is 14.4 Å². The molecule has 0 aliphatic heterocycles. The van der Waals surface area contributed by atoms with Crippen LogP contribution in [0.1, 0.15) is 41.0 Å². The molecule has 27 heavy (non-hydrogen) atoms. The number of amides is 3. The van der Waals surface area contributed by atoms with Gasteiger partial charge in [0, 0.05) is 36.3 Å². The Labute approximate surface area is 159 Å². The minimum atomic E-state index is -0.232. The molecule has 6 heteroatoms. The maximum atomic E-state index is 12.1. The molecule has 0 atom stereocenters. The Kier molecular flexibility index (Phi) is 7.55. The minimum Gasteiger partial charge on any atom is -0.350 e. The third kappa shape index (κ3) is 6.93. The molecular weight excluding hydrogens is 342 g/mol. The molecule has 0 radical (unpaired) electrons. The molecule has 2 aromatic carbocycles. The number of carbonyl (C=O) groups is 3. The molecule has 0 aliphatic carbocycles. The minimum absolute atomic E-state index is 0.0450. The molecule has 0 aromatic heterocycles. The van der Waals surface area contributed by atoms with E-state index in [1.807, 2.05) is 19.9 Å². The summed E-state index contributed by atoms with van der Waals surface area (Å²) in [6.07, 6.45) is 0.455. The summed E-state index contributed by atoms with van der Waals surface area (Å²) >= 11 is 0. The van der Waals surface area contributed by atoms with Crippen LogP contribution in [0.15, 0.2) is 54.6 Å². The fraction of sp³-hybridized carbons (Fsp3) is 0.286. The van der Waals surface area contributed by atoms with Crippen LogP contribution in [0.2, 0.25) is 0 Å². The Balaban J connectivity index is 1.74. The summed E-state index contributed by atoms with van der Waals surface area (Å²) in [5, 5.41) is 8.30. The summed E-state index contributed by atoms with van der Waals surface area (Å²) in [5.41, 5.74) is 1.73. The molecule has 0 saturated heterocycles. The van der Waals surface area contributed by atoms with Crippen LogP contribution < -0.4 is 16.0 Å². The second-order valence-corrected chi connectivity index (χ2v) is 6.60. The summed E-state index contributed by atoms with van der Waals surface area (Å²) in [7, 11) is 0. The van der Waals surface area contributed by atoms with Crippen molar-refractivity contribution in [3.05, 3.63) is 65.7 Å². The topological polar surface area (TPSA) is 87.3 Å². The maximum Gasteiger partial charge on any atom is 0.251 e. The van der Waals surface area contributed by atoms with Crippen molar-refractivity contribution in [2.45, 2.75) is 20.3 Å². The van der Waals surface area contributed by atoms with Crippen molar-refractivity contribution in [2.75, 3.05) is 18.4 Å². The molecule has 142 valence electrons. The molecule has 3 N–H and O–H groups in total. The van der Waals surface area contributed by atoms with E-state index in [0.717, 1.165) is 0 Å². The van der Waals surface area contributed by atoms with Crippen LogP contribution in [0.3, 0.4) is 0 Å². The average molecular weight is 367 g/mol. The van der Waals surface area contributed by atoms with E-state index in [2.05, 4.69) is 16.0 Å². The van der Waals surface area contributed by atoms with Crippen molar-refractivity contribution in [1.29, 1.82) is 0 Å². The molecule has 2 rings (SSSR count). The highest BCUT2D eigenvalue weighted by atomic mass is 16.2. The monoisotopic (exact) mass is 367 g/mol. The summed E-state index contributed by atoms with van der Waals surface area (Å²) < 4.78 is 0. The van der Waals surface area contributed by atoms with Gasteiger partial charge < -0.3 is 16.0 Å². The van der Waals surface area contributed by atoms with Crippen LogP contribution in [0, 0.1) is 5.92 Å². The van der Waals surface area contributed by atoms with Crippen molar-refractivity contribution in [3.8, 4) is 0 Å². The molecule has 2 aromatic rings. The van der Waals surface area contributed by atoms with E-state index in [1.54, 1.807) is 48.5 Å². The fourth-order valence-electron chi connectivity index (χ4n) is 2.43. The number of carbonyl (C=O) groups excluding carboxylic acids is 3. The van der Waals surface area contributed by atoms with Crippen LogP contribution in [-0.2, 0) is 4.79 Å². The van der Waals surface area contributed by atoms with E-state index in [0.29, 0.717) is 36.3 Å². The van der Waals surface area contributed by atoms with Gasteiger partial charge in [0.05, 0.1) is 0 Å². The molecule has 0 saturated carbocycles. The van der Waals surface area contributed by atoms with Gasteiger partial charge in [-0.3, -0.25) is 14.4 Å². The predicted octanol–water partition coefficient (Wildman–Crippen LogP) is 2.83. The van der Waals surface area contributed by atoms with E-state index in [-0.39, 0.29) is 23.6 Å². The molecule has 0 heterocycles. The number of anilines is 1. The molecule has 0 unspecified atom stereocenters. The first kappa shape index (κ1) is 20.2. The quantitative estimate of drug-likeness (QED) is 0.627. The van der Waals surface area contributed by atoms with Gasteiger partial charge in [0.25, 0.3) is 11.8 Å². The van der Waals surface area contributed by atoms with E-state index >= 15 is 0 Å². The normalized spacial score (nSPS) is 10.3. The molecule has 6 nitrogen and oxygen atoms in total. The summed E-state index contributed by atoms with van der Waals surface area (Å²) in [5.74, 6) is -0.163. The van der Waals surface area contributed by atoms with Crippen LogP contribution >= 0.6 is 0 Å². The largest absolute Gasteiger partial charge is 0.350 e. The van der Waals surface area contributed by atoms with Gasteiger partial charge in [-0.15, -0.1) is 0 Å². The summed E-state index contributed by atoms with van der Waals surface area (Å²) in [4.78, 5) is 35.8. The summed E-state index contributed by atoms with van der Waals surface area (Å²) in [6.45, 7) is 4.62. The van der Waals surface area contributed by atoms with E-state index in [4.69, 9.17) is 0 Å². The van der Waals surface area contributed by atoms with Gasteiger partial charge in [0.15, 0.2) is 0 Å². The third-order valence-corrected chi connectivity index (χ3v) is 3.76. The zero-order valence-corrected chi connectivity index (χ0v) is 15.6. The second kappa shape index (κ2) is 10.1. The maximum absolute atomic E-state index is 12.1. The number of benzene rings is 2. The van der Waals surface area contributed by atoms with Crippen LogP contribution in [0.25, 0.3) is 0 Å². The molecule has 0 aliphatic rings. The Morgan fingerprint density at radius 2 is 1.30 bits per heavy atom. The lowest BCUT2D eigenvalue weighted by Crippen LogP contribution is -2.34. The fourth-order valence-corrected chi connectivity index (χ4v) is 2.43. The number of rotatable bonds is 8. The number of hydrogen-bond acceptors (Lipinski definition) is 3. The molecular formula is C21H25N3O3. The zero-order valence-electron chi connectivity index (χ0n) is 15.6. The van der Waals surface area contributed by atoms with Gasteiger partial charge in [-0.05, 0) is 42.3 Å². The van der Waals surface area contributed by atoms with Crippen molar-refractivity contribution < 1.29 is 14.4 Å². The number of nitrogens with one attached hydrogen (secondary N) is 3. The van der Waals surface area contributed by atoms with Crippen molar-refractivity contribution in [1.82, 2.24) is 10.6 Å². The highest BCUT2D eigenvalue weighted by molar-refractivity contribution is 5.96. The zero-order chi connectivity index (χ0) is 19.6. The van der Waals surface area contributed by atoms with E-state index < -0.39 is 0 Å². The van der Waals surface area contributed by atoms with Crippen LogP contribution in [-0.4, -0.2) is 30.8 Å². The van der Waals surface area contributed by atoms with E-state index in [1.165, 1.54) is 0 Å². The van der Waals surface area contributed by atoms with Gasteiger partial charge in [-0.1, -0.05) is 32.0 Å². The van der Waals surface area contributed by atoms with Gasteiger partial charge in [-0.2, -0.15) is 0 Å². The van der Waals surface area contributed by atoms with Gasteiger partial charge in [0.1, 0.15) is 0 Å². The smallest absolute Gasteiger partial charge is 0.251 e. The lowest BCUT2D eigenvalue weighted by atomic mass is 10.1. The van der Waals surface area contributed by atoms with Crippen molar-refractivity contribution >= 4 is 23.4 Å². The van der Waals surface area contributed by atoms with Crippen molar-refractivity contribution in [2.24, 2.45) is 5.92 Å². The van der Waals surface area contributed by atoms with Gasteiger partial charge in [-0.25, -0.2) is 0 Å². The first-order valence-corrected chi connectivity index (χ1v) is 8.97. The highest BCUT2D eigenvalue weighted by Gasteiger charge is 2.08. The SMILES string of the molecule is CC(C)CC(=O)Nc1ccc(C(=O)NCCNC(=O)c2ccccc2)cc1. The third-order valence-electron chi connectivity index (χ3n) is 3.76. The average Bonchev–Trinajstić information content (AvgIpc) is 2.65. The van der Waals surface area contributed by atoms with Gasteiger partial charge in [0.2, 0.25) is 5.91 Å². The Bertz CT molecular complexity index is 771. The van der Waals surface area contributed by atoms with Crippen LogP contribution in [0.4, 0.5) is 5.69 Å². The Morgan fingerprint density at radius 3 is 1.81 bits per heavy atom. The molecule has 0 fully saturated rings. The standard InChI is InChI=1S/C21H25N3O3/c1-15(2)14-19(25)24-18-10-8-17(9-11-18)21(27)23-13-12-22-20(26)16-6-4-3-5-7-16/h3-11,15H,12-14H2,1-2H3,(H,22,26)(H,23,27)(H,24,25). The highest BCUT2D eigenvalue weighted by Crippen LogP contribution is 2.11. The Hall–Kier alpha value is -3.15. The Morgan fingerprint density at radius 1 is 0.778 bits per heavy atom. The second-order valence-electron chi connectivity index (χ2n) is 6.60. The lowest BCUT2D eigenvalue weighted by Gasteiger charge is -2.09.